The number of amides is 1. The molecule has 26 heavy (non-hydrogen) atoms. The van der Waals surface area contributed by atoms with Gasteiger partial charge in [0.2, 0.25) is 5.91 Å². The molecule has 5 heteroatoms. The van der Waals surface area contributed by atoms with Gasteiger partial charge in [0.1, 0.15) is 0 Å². The number of nitrogens with two attached hydrogens (primary N) is 1. The summed E-state index contributed by atoms with van der Waals surface area (Å²) in [5.41, 5.74) is 10.3. The highest BCUT2D eigenvalue weighted by atomic mass is 35.5. The van der Waals surface area contributed by atoms with Gasteiger partial charge in [-0.15, -0.1) is 12.4 Å². The molecule has 2 aliphatic heterocycles. The Balaban J connectivity index is 0.00000196. The highest BCUT2D eigenvalue weighted by Gasteiger charge is 2.33. The molecule has 0 spiro atoms. The lowest BCUT2D eigenvalue weighted by Gasteiger charge is -2.30. The van der Waals surface area contributed by atoms with Crippen LogP contribution in [0.2, 0.25) is 0 Å². The van der Waals surface area contributed by atoms with E-state index in [4.69, 9.17) is 5.73 Å². The third kappa shape index (κ3) is 3.93. The van der Waals surface area contributed by atoms with Crippen molar-refractivity contribution >= 4 is 18.3 Å². The van der Waals surface area contributed by atoms with Crippen molar-refractivity contribution in [3.63, 3.8) is 0 Å². The monoisotopic (exact) mass is 371 g/mol. The minimum atomic E-state index is 0. The molecule has 0 aliphatic carbocycles. The summed E-state index contributed by atoms with van der Waals surface area (Å²) in [7, 11) is 0. The summed E-state index contributed by atoms with van der Waals surface area (Å²) in [4.78, 5) is 17.0. The van der Waals surface area contributed by atoms with Crippen molar-refractivity contribution in [1.82, 2.24) is 9.80 Å². The summed E-state index contributed by atoms with van der Waals surface area (Å²) < 4.78 is 0. The molecule has 4 nitrogen and oxygen atoms in total. The van der Waals surface area contributed by atoms with Crippen molar-refractivity contribution in [3.8, 4) is 0 Å². The molecule has 2 aliphatic rings. The fourth-order valence-electron chi connectivity index (χ4n) is 4.10. The lowest BCUT2D eigenvalue weighted by Crippen LogP contribution is -2.42. The van der Waals surface area contributed by atoms with Crippen LogP contribution in [-0.4, -0.2) is 47.9 Å². The Morgan fingerprint density at radius 2 is 1.69 bits per heavy atom. The van der Waals surface area contributed by atoms with Crippen molar-refractivity contribution in [3.05, 3.63) is 71.3 Å². The summed E-state index contributed by atoms with van der Waals surface area (Å²) in [5, 5.41) is 0. The van der Waals surface area contributed by atoms with Gasteiger partial charge in [-0.25, -0.2) is 0 Å². The van der Waals surface area contributed by atoms with Crippen molar-refractivity contribution in [2.24, 2.45) is 5.73 Å². The van der Waals surface area contributed by atoms with Gasteiger partial charge in [0.15, 0.2) is 0 Å². The molecule has 2 atom stereocenters. The number of halogens is 1. The van der Waals surface area contributed by atoms with Crippen LogP contribution in [-0.2, 0) is 17.8 Å². The largest absolute Gasteiger partial charge is 0.337 e. The Morgan fingerprint density at radius 1 is 1.00 bits per heavy atom. The van der Waals surface area contributed by atoms with Gasteiger partial charge in [-0.05, 0) is 23.1 Å². The van der Waals surface area contributed by atoms with Crippen molar-refractivity contribution in [2.45, 2.75) is 24.9 Å². The van der Waals surface area contributed by atoms with Gasteiger partial charge in [0.25, 0.3) is 0 Å². The van der Waals surface area contributed by atoms with Gasteiger partial charge in [-0.3, -0.25) is 9.69 Å². The molecule has 1 saturated heterocycles. The van der Waals surface area contributed by atoms with Crippen LogP contribution < -0.4 is 5.73 Å². The molecule has 2 aromatic carbocycles. The number of fused-ring (bicyclic) bond motifs is 1. The standard InChI is InChI=1S/C21H25N3O.ClH/c22-20-14-23(13-19(20)17-7-2-1-3-8-17)15-21(25)24-11-10-16-6-4-5-9-18(16)12-24;/h1-9,19-20H,10-15,22H2;1H/t19-,20+;/m0./s1. The Labute approximate surface area is 161 Å². The van der Waals surface area contributed by atoms with Crippen LogP contribution in [0.5, 0.6) is 0 Å². The third-order valence-electron chi connectivity index (χ3n) is 5.51. The summed E-state index contributed by atoms with van der Waals surface area (Å²) in [5.74, 6) is 0.534. The van der Waals surface area contributed by atoms with Gasteiger partial charge < -0.3 is 10.6 Å². The molecule has 2 aromatic rings. The Bertz CT molecular complexity index is 752. The first-order valence-corrected chi connectivity index (χ1v) is 9.08. The number of rotatable bonds is 3. The number of likely N-dealkylation sites (tertiary alicyclic amines) is 1. The number of carbonyl (C=O) groups excluding carboxylic acids is 1. The highest BCUT2D eigenvalue weighted by Crippen LogP contribution is 2.26. The van der Waals surface area contributed by atoms with E-state index in [0.29, 0.717) is 12.5 Å². The van der Waals surface area contributed by atoms with Crippen LogP contribution in [0.3, 0.4) is 0 Å². The van der Waals surface area contributed by atoms with E-state index in [0.717, 1.165) is 32.6 Å². The smallest absolute Gasteiger partial charge is 0.237 e. The maximum atomic E-state index is 12.8. The van der Waals surface area contributed by atoms with Gasteiger partial charge in [-0.1, -0.05) is 54.6 Å². The van der Waals surface area contributed by atoms with Crippen LogP contribution in [0.4, 0.5) is 0 Å². The topological polar surface area (TPSA) is 49.6 Å². The molecule has 0 radical (unpaired) electrons. The van der Waals surface area contributed by atoms with Crippen LogP contribution in [0.1, 0.15) is 22.6 Å². The second-order valence-corrected chi connectivity index (χ2v) is 7.21. The fourth-order valence-corrected chi connectivity index (χ4v) is 4.10. The van der Waals surface area contributed by atoms with E-state index in [1.54, 1.807) is 0 Å². The lowest BCUT2D eigenvalue weighted by atomic mass is 9.95. The lowest BCUT2D eigenvalue weighted by molar-refractivity contribution is -0.133. The molecule has 2 N–H and O–H groups in total. The predicted molar refractivity (Wildman–Crippen MR) is 106 cm³/mol. The van der Waals surface area contributed by atoms with Gasteiger partial charge in [0.05, 0.1) is 6.54 Å². The molecule has 4 rings (SSSR count). The first kappa shape index (κ1) is 18.9. The van der Waals surface area contributed by atoms with E-state index < -0.39 is 0 Å². The second-order valence-electron chi connectivity index (χ2n) is 7.21. The second kappa shape index (κ2) is 8.21. The van der Waals surface area contributed by atoms with E-state index in [9.17, 15) is 4.79 Å². The predicted octanol–water partition coefficient (Wildman–Crippen LogP) is 2.42. The maximum absolute atomic E-state index is 12.8. The average molecular weight is 372 g/mol. The van der Waals surface area contributed by atoms with Crippen molar-refractivity contribution in [1.29, 1.82) is 0 Å². The maximum Gasteiger partial charge on any atom is 0.237 e. The average Bonchev–Trinajstić information content (AvgIpc) is 3.02. The Kier molecular flexibility index (Phi) is 5.97. The Hall–Kier alpha value is -1.88. The minimum Gasteiger partial charge on any atom is -0.337 e. The first-order chi connectivity index (χ1) is 12.2. The number of hydrogen-bond donors (Lipinski definition) is 1. The molecule has 0 unspecified atom stereocenters. The summed E-state index contributed by atoms with van der Waals surface area (Å²) >= 11 is 0. The van der Waals surface area contributed by atoms with Gasteiger partial charge >= 0.3 is 0 Å². The summed E-state index contributed by atoms with van der Waals surface area (Å²) in [6.07, 6.45) is 0.952. The molecular weight excluding hydrogens is 346 g/mol. The van der Waals surface area contributed by atoms with Crippen molar-refractivity contribution < 1.29 is 4.79 Å². The molecule has 1 amide bonds. The molecule has 138 valence electrons. The number of benzene rings is 2. The first-order valence-electron chi connectivity index (χ1n) is 9.08. The van der Waals surface area contributed by atoms with Crippen LogP contribution in [0.25, 0.3) is 0 Å². The van der Waals surface area contributed by atoms with Crippen LogP contribution in [0, 0.1) is 0 Å². The minimum absolute atomic E-state index is 0. The van der Waals surface area contributed by atoms with E-state index in [2.05, 4.69) is 53.4 Å². The van der Waals surface area contributed by atoms with E-state index in [1.807, 2.05) is 11.0 Å². The SMILES string of the molecule is Cl.N[C@@H]1CN(CC(=O)N2CCc3ccccc3C2)C[C@H]1c1ccccc1. The normalized spacial score (nSPS) is 22.6. The number of carbonyl (C=O) groups is 1. The third-order valence-corrected chi connectivity index (χ3v) is 5.51. The highest BCUT2D eigenvalue weighted by molar-refractivity contribution is 5.85. The molecule has 0 aromatic heterocycles. The zero-order chi connectivity index (χ0) is 17.2. The summed E-state index contributed by atoms with van der Waals surface area (Å²) in [6.45, 7) is 3.67. The molecular formula is C21H26ClN3O. The number of nitrogens with zero attached hydrogens (tertiary/aromatic N) is 2. The summed E-state index contributed by atoms with van der Waals surface area (Å²) in [6, 6.07) is 18.9. The van der Waals surface area contributed by atoms with Crippen LogP contribution in [0.15, 0.2) is 54.6 Å². The molecule has 1 fully saturated rings. The number of hydrogen-bond acceptors (Lipinski definition) is 3. The van der Waals surface area contributed by atoms with Gasteiger partial charge in [0, 0.05) is 38.1 Å². The molecule has 0 bridgehead atoms. The fraction of sp³-hybridized carbons (Fsp3) is 0.381. The van der Waals surface area contributed by atoms with Crippen molar-refractivity contribution in [2.75, 3.05) is 26.2 Å². The molecule has 0 saturated carbocycles. The van der Waals surface area contributed by atoms with Crippen LogP contribution >= 0.6 is 12.4 Å². The van der Waals surface area contributed by atoms with E-state index >= 15 is 0 Å². The van der Waals surface area contributed by atoms with E-state index in [1.165, 1.54) is 16.7 Å². The van der Waals surface area contributed by atoms with Gasteiger partial charge in [-0.2, -0.15) is 0 Å². The quantitative estimate of drug-likeness (QED) is 0.901. The zero-order valence-electron chi connectivity index (χ0n) is 14.9. The molecule has 2 heterocycles. The Morgan fingerprint density at radius 3 is 2.46 bits per heavy atom. The van der Waals surface area contributed by atoms with E-state index in [-0.39, 0.29) is 24.4 Å². The zero-order valence-corrected chi connectivity index (χ0v) is 15.7.